The molecule has 0 fully saturated rings. The van der Waals surface area contributed by atoms with Gasteiger partial charge in [0.05, 0.1) is 0 Å². The van der Waals surface area contributed by atoms with E-state index in [4.69, 9.17) is 0 Å². The Morgan fingerprint density at radius 3 is 1.30 bits per heavy atom. The van der Waals surface area contributed by atoms with Gasteiger partial charge in [-0.2, -0.15) is 0 Å². The van der Waals surface area contributed by atoms with E-state index in [1.807, 2.05) is 0 Å². The lowest BCUT2D eigenvalue weighted by Crippen LogP contribution is -2.65. The lowest BCUT2D eigenvalue weighted by molar-refractivity contribution is 1.27. The number of aryl methyl sites for hydroxylation is 3. The molecule has 0 aliphatic carbocycles. The van der Waals surface area contributed by atoms with Crippen LogP contribution in [0.25, 0.3) is 33.4 Å². The highest BCUT2D eigenvalue weighted by Crippen LogP contribution is 2.53. The van der Waals surface area contributed by atoms with Crippen molar-refractivity contribution in [2.45, 2.75) is 20.8 Å². The predicted octanol–water partition coefficient (Wildman–Crippen LogP) is 10.2. The first-order valence-electron chi connectivity index (χ1n) is 19.7. The molecule has 8 aromatic carbocycles. The summed E-state index contributed by atoms with van der Waals surface area (Å²) in [6.45, 7) is 6.73. The first kappa shape index (κ1) is 31.6. The topological polar surface area (TPSA) is 9.72 Å². The van der Waals surface area contributed by atoms with Crippen LogP contribution >= 0.6 is 0 Å². The van der Waals surface area contributed by atoms with Crippen molar-refractivity contribution in [1.29, 1.82) is 0 Å². The van der Waals surface area contributed by atoms with Crippen molar-refractivity contribution >= 4 is 75.4 Å². The fourth-order valence-corrected chi connectivity index (χ4v) is 10.3. The van der Waals surface area contributed by atoms with Crippen LogP contribution in [0.5, 0.6) is 0 Å². The number of nitrogens with zero attached hydrogens (tertiary/aromatic N) is 3. The number of hydrogen-bond acceptors (Lipinski definition) is 3. The summed E-state index contributed by atoms with van der Waals surface area (Å²) >= 11 is 0. The monoisotopic (exact) mass is 713 g/mol. The van der Waals surface area contributed by atoms with E-state index < -0.39 is 0 Å². The maximum atomic E-state index is 2.66. The van der Waals surface area contributed by atoms with Crippen LogP contribution in [0.2, 0.25) is 0 Å². The average Bonchev–Trinajstić information content (AvgIpc) is 3.23. The fourth-order valence-electron chi connectivity index (χ4n) is 10.3. The van der Waals surface area contributed by atoms with Crippen LogP contribution in [0.4, 0.5) is 39.8 Å². The number of para-hydroxylation sites is 2. The van der Waals surface area contributed by atoms with E-state index in [9.17, 15) is 0 Å². The minimum absolute atomic E-state index is 0.0229. The Labute approximate surface area is 329 Å². The summed E-state index contributed by atoms with van der Waals surface area (Å²) in [5.74, 6) is 0. The Bertz CT molecular complexity index is 2900. The molecule has 262 valence electrons. The third kappa shape index (κ3) is 4.31. The maximum Gasteiger partial charge on any atom is 0.329 e. The molecule has 3 nitrogen and oxygen atoms in total. The summed E-state index contributed by atoms with van der Waals surface area (Å²) in [6.07, 6.45) is 0. The molecule has 0 spiro atoms. The van der Waals surface area contributed by atoms with E-state index in [1.54, 1.807) is 0 Å². The van der Waals surface area contributed by atoms with Crippen molar-refractivity contribution < 1.29 is 0 Å². The van der Waals surface area contributed by atoms with Crippen molar-refractivity contribution in [2.75, 3.05) is 14.5 Å². The largest absolute Gasteiger partial charge is 0.376 e. The molecule has 56 heavy (non-hydrogen) atoms. The molecule has 0 atom stereocenters. The molecule has 0 bridgehead atoms. The second-order valence-electron chi connectivity index (χ2n) is 15.9. The molecular weight excluding hydrogens is 676 g/mol. The number of hydrogen-bond donors (Lipinski definition) is 0. The lowest BCUT2D eigenvalue weighted by atomic mass is 9.38. The van der Waals surface area contributed by atoms with Gasteiger partial charge in [0.15, 0.2) is 0 Å². The van der Waals surface area contributed by atoms with Gasteiger partial charge in [-0.15, -0.1) is 0 Å². The molecule has 0 saturated heterocycles. The minimum atomic E-state index is 0.0229. The van der Waals surface area contributed by atoms with Crippen molar-refractivity contribution in [3.05, 3.63) is 187 Å². The zero-order valence-corrected chi connectivity index (χ0v) is 31.7. The first-order valence-corrected chi connectivity index (χ1v) is 19.7. The SMILES string of the molecule is Cc1ccc2c(c1)-c1cc(C)ccc1N1B2c2cccc3c2-c2c(cccc21)B1c2ccc(C)cc2-c2cc(N(c4ccccc4)c4ccccc4)ccc2N13. The van der Waals surface area contributed by atoms with E-state index >= 15 is 0 Å². The molecule has 8 aromatic rings. The van der Waals surface area contributed by atoms with Gasteiger partial charge in [-0.3, -0.25) is 0 Å². The van der Waals surface area contributed by atoms with Gasteiger partial charge < -0.3 is 14.5 Å². The molecule has 4 heterocycles. The van der Waals surface area contributed by atoms with Crippen LogP contribution in [-0.2, 0) is 0 Å². The van der Waals surface area contributed by atoms with E-state index in [2.05, 4.69) is 205 Å². The standard InChI is InChI=1S/C51H37B2N3/c1-32-20-24-42-38(28-32)40-30-34(3)22-26-46(40)55-48-18-10-17-45-50(48)51-44(52(42)55)16-11-19-49(51)56-47-27-23-37(31-41(47)39-29-33(2)21-25-43(39)53(45)56)54(35-12-6-4-7-13-35)36-14-8-5-9-15-36/h4-31H,1-3H3. The summed E-state index contributed by atoms with van der Waals surface area (Å²) in [5, 5.41) is 0. The molecule has 0 amide bonds. The van der Waals surface area contributed by atoms with Crippen LogP contribution < -0.4 is 36.4 Å². The minimum Gasteiger partial charge on any atom is -0.376 e. The summed E-state index contributed by atoms with van der Waals surface area (Å²) in [5.41, 5.74) is 25.7. The summed E-state index contributed by atoms with van der Waals surface area (Å²) in [6, 6.07) is 63.9. The van der Waals surface area contributed by atoms with Gasteiger partial charge >= 0.3 is 13.7 Å². The molecule has 5 heteroatoms. The zero-order chi connectivity index (χ0) is 37.2. The van der Waals surface area contributed by atoms with Gasteiger partial charge in [-0.1, -0.05) is 120 Å². The van der Waals surface area contributed by atoms with Crippen molar-refractivity contribution in [2.24, 2.45) is 0 Å². The molecule has 0 aromatic heterocycles. The van der Waals surface area contributed by atoms with E-state index in [-0.39, 0.29) is 13.7 Å². The molecule has 12 rings (SSSR count). The molecular formula is C51H37B2N3. The number of rotatable bonds is 3. The summed E-state index contributed by atoms with van der Waals surface area (Å²) in [7, 11) is 0. The Kier molecular flexibility index (Phi) is 6.58. The van der Waals surface area contributed by atoms with Crippen LogP contribution in [-0.4, -0.2) is 13.7 Å². The number of fused-ring (bicyclic) bond motifs is 16. The molecule has 4 aliphatic rings. The fraction of sp³-hybridized carbons (Fsp3) is 0.0588. The summed E-state index contributed by atoms with van der Waals surface area (Å²) in [4.78, 5) is 7.68. The highest BCUT2D eigenvalue weighted by molar-refractivity contribution is 6.96. The highest BCUT2D eigenvalue weighted by atomic mass is 15.2. The van der Waals surface area contributed by atoms with Crippen LogP contribution in [0.3, 0.4) is 0 Å². The Hall–Kier alpha value is -6.71. The van der Waals surface area contributed by atoms with E-state index in [0.717, 1.165) is 17.1 Å². The zero-order valence-electron chi connectivity index (χ0n) is 31.7. The van der Waals surface area contributed by atoms with E-state index in [0.29, 0.717) is 0 Å². The third-order valence-electron chi connectivity index (χ3n) is 12.5. The third-order valence-corrected chi connectivity index (χ3v) is 12.5. The van der Waals surface area contributed by atoms with Crippen molar-refractivity contribution in [1.82, 2.24) is 0 Å². The van der Waals surface area contributed by atoms with Gasteiger partial charge in [-0.25, -0.2) is 0 Å². The van der Waals surface area contributed by atoms with Crippen LogP contribution in [0.15, 0.2) is 170 Å². The number of anilines is 7. The predicted molar refractivity (Wildman–Crippen MR) is 239 cm³/mol. The Morgan fingerprint density at radius 2 is 0.786 bits per heavy atom. The molecule has 0 unspecified atom stereocenters. The van der Waals surface area contributed by atoms with Crippen LogP contribution in [0.1, 0.15) is 16.7 Å². The van der Waals surface area contributed by atoms with E-state index in [1.165, 1.54) is 94.7 Å². The van der Waals surface area contributed by atoms with Crippen molar-refractivity contribution in [3.63, 3.8) is 0 Å². The second kappa shape index (κ2) is 11.6. The Morgan fingerprint density at radius 1 is 0.339 bits per heavy atom. The first-order chi connectivity index (χ1) is 27.5. The van der Waals surface area contributed by atoms with Gasteiger partial charge in [-0.05, 0) is 120 Å². The van der Waals surface area contributed by atoms with Gasteiger partial charge in [0, 0.05) is 62.1 Å². The molecule has 0 saturated carbocycles. The maximum absolute atomic E-state index is 2.66. The molecule has 0 N–H and O–H groups in total. The quantitative estimate of drug-likeness (QED) is 0.169. The van der Waals surface area contributed by atoms with Gasteiger partial charge in [0.2, 0.25) is 0 Å². The van der Waals surface area contributed by atoms with Gasteiger partial charge in [0.1, 0.15) is 0 Å². The Balaban J connectivity index is 1.12. The molecule has 4 aliphatic heterocycles. The van der Waals surface area contributed by atoms with Gasteiger partial charge in [0.25, 0.3) is 0 Å². The second-order valence-corrected chi connectivity index (χ2v) is 15.9. The van der Waals surface area contributed by atoms with Crippen molar-refractivity contribution in [3.8, 4) is 33.4 Å². The molecule has 0 radical (unpaired) electrons. The lowest BCUT2D eigenvalue weighted by Gasteiger charge is -2.50. The normalized spacial score (nSPS) is 13.5. The van der Waals surface area contributed by atoms with Crippen LogP contribution in [0, 0.1) is 20.8 Å². The average molecular weight is 714 g/mol. The highest BCUT2D eigenvalue weighted by Gasteiger charge is 2.50. The smallest absolute Gasteiger partial charge is 0.329 e. The summed E-state index contributed by atoms with van der Waals surface area (Å²) < 4.78 is 0. The number of benzene rings is 8.